The number of benzene rings is 1. The molecule has 0 saturated carbocycles. The Kier molecular flexibility index (Phi) is 4.03. The Labute approximate surface area is 105 Å². The van der Waals surface area contributed by atoms with E-state index >= 15 is 0 Å². The molecule has 0 aliphatic carbocycles. The van der Waals surface area contributed by atoms with Gasteiger partial charge >= 0.3 is 0 Å². The summed E-state index contributed by atoms with van der Waals surface area (Å²) >= 11 is 0. The minimum Gasteiger partial charge on any atom is -0.353 e. The van der Waals surface area contributed by atoms with Crippen LogP contribution in [0.3, 0.4) is 0 Å². The number of rotatable bonds is 5. The molecule has 6 nitrogen and oxygen atoms in total. The molecule has 0 unspecified atom stereocenters. The van der Waals surface area contributed by atoms with Gasteiger partial charge in [0.05, 0.1) is 12.7 Å². The number of carbonyl (C=O) groups is 1. The van der Waals surface area contributed by atoms with Gasteiger partial charge in [0.25, 0.3) is 0 Å². The molecule has 0 aliphatic rings. The van der Waals surface area contributed by atoms with Gasteiger partial charge in [0.2, 0.25) is 5.91 Å². The van der Waals surface area contributed by atoms with Crippen molar-refractivity contribution in [3.8, 4) is 0 Å². The molecule has 1 aromatic carbocycles. The van der Waals surface area contributed by atoms with E-state index in [1.54, 1.807) is 17.1 Å². The van der Waals surface area contributed by atoms with E-state index in [-0.39, 0.29) is 5.91 Å². The molecule has 1 aromatic heterocycles. The monoisotopic (exact) mass is 245 g/mol. The molecular formula is C12H15N5O. The van der Waals surface area contributed by atoms with E-state index in [9.17, 15) is 4.79 Å². The largest absolute Gasteiger partial charge is 0.353 e. The van der Waals surface area contributed by atoms with Crippen LogP contribution in [-0.2, 0) is 11.3 Å². The molecule has 0 bridgehead atoms. The summed E-state index contributed by atoms with van der Waals surface area (Å²) in [5.74, 6) is -0.193. The lowest BCUT2D eigenvalue weighted by Crippen LogP contribution is -2.35. The Morgan fingerprint density at radius 3 is 2.83 bits per heavy atom. The number of nitrogens with one attached hydrogen (secondary N) is 1. The number of carbonyl (C=O) groups excluding carboxylic acids is 1. The summed E-state index contributed by atoms with van der Waals surface area (Å²) in [5.41, 5.74) is 6.65. The van der Waals surface area contributed by atoms with E-state index in [2.05, 4.69) is 15.6 Å². The van der Waals surface area contributed by atoms with Crippen molar-refractivity contribution in [2.75, 3.05) is 6.54 Å². The topological polar surface area (TPSA) is 85.8 Å². The summed E-state index contributed by atoms with van der Waals surface area (Å²) in [7, 11) is 0. The fourth-order valence-electron chi connectivity index (χ4n) is 1.57. The third kappa shape index (κ3) is 3.14. The second kappa shape index (κ2) is 5.92. The Bertz CT molecular complexity index is 482. The second-order valence-corrected chi connectivity index (χ2v) is 3.85. The molecule has 1 heterocycles. The van der Waals surface area contributed by atoms with E-state index in [1.165, 1.54) is 0 Å². The van der Waals surface area contributed by atoms with Gasteiger partial charge in [-0.05, 0) is 5.56 Å². The summed E-state index contributed by atoms with van der Waals surface area (Å²) in [6.45, 7) is 1.05. The van der Waals surface area contributed by atoms with Crippen LogP contribution >= 0.6 is 0 Å². The quantitative estimate of drug-likeness (QED) is 0.782. The van der Waals surface area contributed by atoms with Gasteiger partial charge in [-0.1, -0.05) is 35.5 Å². The van der Waals surface area contributed by atoms with Crippen LogP contribution in [-0.4, -0.2) is 27.4 Å². The minimum absolute atomic E-state index is 0.193. The second-order valence-electron chi connectivity index (χ2n) is 3.85. The van der Waals surface area contributed by atoms with Crippen LogP contribution in [0, 0.1) is 0 Å². The van der Waals surface area contributed by atoms with Crippen LogP contribution in [0.25, 0.3) is 0 Å². The molecule has 0 spiro atoms. The highest BCUT2D eigenvalue weighted by molar-refractivity contribution is 5.82. The molecule has 0 radical (unpaired) electrons. The van der Waals surface area contributed by atoms with E-state index < -0.39 is 6.04 Å². The molecular weight excluding hydrogens is 230 g/mol. The minimum atomic E-state index is -0.637. The maximum Gasteiger partial charge on any atom is 0.241 e. The van der Waals surface area contributed by atoms with E-state index in [4.69, 9.17) is 5.73 Å². The van der Waals surface area contributed by atoms with Crippen molar-refractivity contribution in [1.82, 2.24) is 20.3 Å². The number of nitrogens with two attached hydrogens (primary N) is 1. The van der Waals surface area contributed by atoms with Gasteiger partial charge in [-0.25, -0.2) is 0 Å². The zero-order valence-corrected chi connectivity index (χ0v) is 9.86. The highest BCUT2D eigenvalue weighted by Gasteiger charge is 2.14. The molecule has 2 rings (SSSR count). The van der Waals surface area contributed by atoms with Crippen molar-refractivity contribution in [1.29, 1.82) is 0 Å². The lowest BCUT2D eigenvalue weighted by Gasteiger charge is -2.12. The third-order valence-electron chi connectivity index (χ3n) is 2.55. The molecule has 0 fully saturated rings. The standard InChI is InChI=1S/C12H15N5O/c13-11(10-4-2-1-3-5-10)12(18)14-6-8-17-9-7-15-16-17/h1-5,7,9,11H,6,8,13H2,(H,14,18)/t11-/m1/s1. The van der Waals surface area contributed by atoms with E-state index in [0.29, 0.717) is 13.1 Å². The first-order valence-corrected chi connectivity index (χ1v) is 5.70. The maximum atomic E-state index is 11.8. The SMILES string of the molecule is N[C@@H](C(=O)NCCn1ccnn1)c1ccccc1. The average Bonchev–Trinajstić information content (AvgIpc) is 2.92. The van der Waals surface area contributed by atoms with Crippen molar-refractivity contribution in [3.63, 3.8) is 0 Å². The fourth-order valence-corrected chi connectivity index (χ4v) is 1.57. The summed E-state index contributed by atoms with van der Waals surface area (Å²) in [6.07, 6.45) is 3.33. The van der Waals surface area contributed by atoms with E-state index in [0.717, 1.165) is 5.56 Å². The summed E-state index contributed by atoms with van der Waals surface area (Å²) in [5, 5.41) is 10.2. The lowest BCUT2D eigenvalue weighted by molar-refractivity contribution is -0.122. The van der Waals surface area contributed by atoms with Crippen molar-refractivity contribution >= 4 is 5.91 Å². The van der Waals surface area contributed by atoms with Crippen molar-refractivity contribution in [3.05, 3.63) is 48.3 Å². The predicted octanol–water partition coefficient (Wildman–Crippen LogP) is 0.0943. The smallest absolute Gasteiger partial charge is 0.241 e. The third-order valence-corrected chi connectivity index (χ3v) is 2.55. The molecule has 6 heteroatoms. The molecule has 18 heavy (non-hydrogen) atoms. The number of hydrogen-bond acceptors (Lipinski definition) is 4. The van der Waals surface area contributed by atoms with Crippen LogP contribution in [0.4, 0.5) is 0 Å². The maximum absolute atomic E-state index is 11.8. The first-order valence-electron chi connectivity index (χ1n) is 5.70. The molecule has 0 saturated heterocycles. The zero-order valence-electron chi connectivity index (χ0n) is 9.86. The van der Waals surface area contributed by atoms with Gasteiger partial charge in [-0.15, -0.1) is 5.10 Å². The number of aromatic nitrogens is 3. The lowest BCUT2D eigenvalue weighted by atomic mass is 10.1. The Hall–Kier alpha value is -2.21. The van der Waals surface area contributed by atoms with Crippen LogP contribution in [0.5, 0.6) is 0 Å². The Balaban J connectivity index is 1.81. The number of amides is 1. The Morgan fingerprint density at radius 2 is 2.17 bits per heavy atom. The molecule has 94 valence electrons. The van der Waals surface area contributed by atoms with Gasteiger partial charge in [0.15, 0.2) is 0 Å². The molecule has 3 N–H and O–H groups in total. The van der Waals surface area contributed by atoms with Crippen molar-refractivity contribution in [2.24, 2.45) is 5.73 Å². The van der Waals surface area contributed by atoms with E-state index in [1.807, 2.05) is 30.3 Å². The number of hydrogen-bond donors (Lipinski definition) is 2. The van der Waals surface area contributed by atoms with Gasteiger partial charge < -0.3 is 11.1 Å². The van der Waals surface area contributed by atoms with Gasteiger partial charge in [0.1, 0.15) is 6.04 Å². The highest BCUT2D eigenvalue weighted by Crippen LogP contribution is 2.08. The summed E-state index contributed by atoms with van der Waals surface area (Å²) < 4.78 is 1.65. The predicted molar refractivity (Wildman–Crippen MR) is 66.4 cm³/mol. The highest BCUT2D eigenvalue weighted by atomic mass is 16.2. The van der Waals surface area contributed by atoms with Crippen molar-refractivity contribution in [2.45, 2.75) is 12.6 Å². The molecule has 2 aromatic rings. The van der Waals surface area contributed by atoms with Crippen LogP contribution in [0.15, 0.2) is 42.7 Å². The zero-order chi connectivity index (χ0) is 12.8. The summed E-state index contributed by atoms with van der Waals surface area (Å²) in [4.78, 5) is 11.8. The van der Waals surface area contributed by atoms with Gasteiger partial charge in [-0.2, -0.15) is 0 Å². The Morgan fingerprint density at radius 1 is 1.39 bits per heavy atom. The van der Waals surface area contributed by atoms with Crippen LogP contribution < -0.4 is 11.1 Å². The summed E-state index contributed by atoms with van der Waals surface area (Å²) in [6, 6.07) is 8.64. The van der Waals surface area contributed by atoms with Gasteiger partial charge in [-0.3, -0.25) is 9.48 Å². The average molecular weight is 245 g/mol. The first-order chi connectivity index (χ1) is 8.77. The van der Waals surface area contributed by atoms with Crippen molar-refractivity contribution < 1.29 is 4.79 Å². The number of nitrogens with zero attached hydrogens (tertiary/aromatic N) is 3. The van der Waals surface area contributed by atoms with Crippen LogP contribution in [0.1, 0.15) is 11.6 Å². The molecule has 1 atom stereocenters. The van der Waals surface area contributed by atoms with Gasteiger partial charge in [0, 0.05) is 12.7 Å². The normalized spacial score (nSPS) is 12.1. The molecule has 0 aliphatic heterocycles. The fraction of sp³-hybridized carbons (Fsp3) is 0.250. The first kappa shape index (κ1) is 12.3. The van der Waals surface area contributed by atoms with Crippen LogP contribution in [0.2, 0.25) is 0 Å². The molecule has 1 amide bonds.